The quantitative estimate of drug-likeness (QED) is 0.759. The molecule has 1 heterocycles. The van der Waals surface area contributed by atoms with E-state index in [1.54, 1.807) is 24.3 Å². The highest BCUT2D eigenvalue weighted by molar-refractivity contribution is 7.99. The molecule has 0 aliphatic heterocycles. The number of rotatable bonds is 7. The Kier molecular flexibility index (Phi) is 5.78. The lowest BCUT2D eigenvalue weighted by molar-refractivity contribution is 0.144. The highest BCUT2D eigenvalue weighted by atomic mass is 32.2. The van der Waals surface area contributed by atoms with Crippen molar-refractivity contribution in [2.24, 2.45) is 0 Å². The van der Waals surface area contributed by atoms with E-state index in [2.05, 4.69) is 5.32 Å². The van der Waals surface area contributed by atoms with Crippen LogP contribution >= 0.6 is 11.8 Å². The molecule has 0 fully saturated rings. The molecule has 2 atom stereocenters. The summed E-state index contributed by atoms with van der Waals surface area (Å²) in [6.07, 6.45) is 0.803. The lowest BCUT2D eigenvalue weighted by Gasteiger charge is -2.16. The maximum Gasteiger partial charge on any atom is 0.288 e. The molecule has 114 valence electrons. The summed E-state index contributed by atoms with van der Waals surface area (Å²) in [4.78, 5) is 0.538. The number of furan rings is 1. The van der Waals surface area contributed by atoms with Gasteiger partial charge >= 0.3 is 0 Å². The summed E-state index contributed by atoms with van der Waals surface area (Å²) < 4.78 is 29.6. The van der Waals surface area contributed by atoms with Gasteiger partial charge in [-0.15, -0.1) is 0 Å². The Balaban J connectivity index is 1.86. The minimum absolute atomic E-state index is 0.000197. The fraction of sp³-hybridized carbons (Fsp3) is 0.333. The van der Waals surface area contributed by atoms with Crippen molar-refractivity contribution < 1.29 is 18.3 Å². The molecule has 0 saturated heterocycles. The molecule has 0 spiro atoms. The predicted octanol–water partition coefficient (Wildman–Crippen LogP) is 3.98. The molecule has 0 saturated carbocycles. The molecule has 21 heavy (non-hydrogen) atoms. The van der Waals surface area contributed by atoms with Gasteiger partial charge in [0.2, 0.25) is 0 Å². The lowest BCUT2D eigenvalue weighted by atomic mass is 10.1. The van der Waals surface area contributed by atoms with E-state index in [0.717, 1.165) is 5.56 Å². The van der Waals surface area contributed by atoms with Gasteiger partial charge in [0.1, 0.15) is 11.9 Å². The second-order valence-corrected chi connectivity index (χ2v) is 5.67. The molecule has 0 radical (unpaired) electrons. The minimum Gasteiger partial charge on any atom is -0.467 e. The van der Waals surface area contributed by atoms with Crippen molar-refractivity contribution in [2.75, 3.05) is 6.54 Å². The second-order valence-electron chi connectivity index (χ2n) is 4.61. The van der Waals surface area contributed by atoms with Crippen molar-refractivity contribution in [1.82, 2.24) is 5.32 Å². The number of aliphatic hydroxyl groups excluding tert-OH is 1. The average molecular weight is 313 g/mol. The Bertz CT molecular complexity index is 531. The summed E-state index contributed by atoms with van der Waals surface area (Å²) in [5.41, 5.74) is 0.972. The predicted molar refractivity (Wildman–Crippen MR) is 78.4 cm³/mol. The molecule has 1 aromatic carbocycles. The number of nitrogens with one attached hydrogen (secondary N) is 1. The van der Waals surface area contributed by atoms with Crippen molar-refractivity contribution in [1.29, 1.82) is 0 Å². The Morgan fingerprint density at radius 2 is 1.95 bits per heavy atom. The van der Waals surface area contributed by atoms with Crippen LogP contribution in [0.3, 0.4) is 0 Å². The van der Waals surface area contributed by atoms with Crippen LogP contribution in [0.25, 0.3) is 0 Å². The van der Waals surface area contributed by atoms with Gasteiger partial charge in [-0.25, -0.2) is 0 Å². The van der Waals surface area contributed by atoms with E-state index in [9.17, 15) is 13.9 Å². The zero-order valence-electron chi connectivity index (χ0n) is 11.5. The summed E-state index contributed by atoms with van der Waals surface area (Å²) in [7, 11) is 0. The van der Waals surface area contributed by atoms with E-state index in [-0.39, 0.29) is 6.04 Å². The van der Waals surface area contributed by atoms with Gasteiger partial charge < -0.3 is 14.8 Å². The Morgan fingerprint density at radius 3 is 2.52 bits per heavy atom. The van der Waals surface area contributed by atoms with Gasteiger partial charge in [-0.3, -0.25) is 0 Å². The number of hydrogen-bond acceptors (Lipinski definition) is 4. The number of aliphatic hydroxyl groups is 1. The Labute approximate surface area is 126 Å². The smallest absolute Gasteiger partial charge is 0.288 e. The fourth-order valence-electron chi connectivity index (χ4n) is 1.93. The minimum atomic E-state index is -2.41. The van der Waals surface area contributed by atoms with Crippen LogP contribution in [0.1, 0.15) is 30.4 Å². The SMILES string of the molecule is C[C@@H](NC[C@H](O)c1ccco1)c1ccc(SC(F)F)cc1. The van der Waals surface area contributed by atoms with Gasteiger partial charge in [0.25, 0.3) is 5.76 Å². The fourth-order valence-corrected chi connectivity index (χ4v) is 2.42. The number of halogens is 2. The first-order valence-corrected chi connectivity index (χ1v) is 7.44. The van der Waals surface area contributed by atoms with Gasteiger partial charge in [0, 0.05) is 17.5 Å². The van der Waals surface area contributed by atoms with Crippen LogP contribution in [-0.4, -0.2) is 17.4 Å². The lowest BCUT2D eigenvalue weighted by Crippen LogP contribution is -2.24. The van der Waals surface area contributed by atoms with Crippen LogP contribution in [-0.2, 0) is 0 Å². The number of benzene rings is 1. The van der Waals surface area contributed by atoms with E-state index in [1.165, 1.54) is 6.26 Å². The first kappa shape index (κ1) is 16.0. The van der Waals surface area contributed by atoms with Crippen molar-refractivity contribution in [3.63, 3.8) is 0 Å². The molecule has 2 N–H and O–H groups in total. The van der Waals surface area contributed by atoms with Crippen molar-refractivity contribution in [3.05, 3.63) is 54.0 Å². The molecule has 0 unspecified atom stereocenters. The van der Waals surface area contributed by atoms with Gasteiger partial charge in [-0.1, -0.05) is 23.9 Å². The standard InChI is InChI=1S/C15H17F2NO2S/c1-10(18-9-13(19)14-3-2-8-20-14)11-4-6-12(7-5-11)21-15(16)17/h2-8,10,13,15,18-19H,9H2,1H3/t10-,13+/m1/s1. The third kappa shape index (κ3) is 4.84. The van der Waals surface area contributed by atoms with Crippen molar-refractivity contribution in [2.45, 2.75) is 29.7 Å². The summed E-state index contributed by atoms with van der Waals surface area (Å²) in [5, 5.41) is 13.1. The summed E-state index contributed by atoms with van der Waals surface area (Å²) in [6, 6.07) is 10.4. The number of hydrogen-bond donors (Lipinski definition) is 2. The van der Waals surface area contributed by atoms with Gasteiger partial charge in [-0.2, -0.15) is 8.78 Å². The van der Waals surface area contributed by atoms with Crippen molar-refractivity contribution >= 4 is 11.8 Å². The summed E-state index contributed by atoms with van der Waals surface area (Å²) in [5.74, 6) is -1.90. The zero-order valence-corrected chi connectivity index (χ0v) is 12.3. The highest BCUT2D eigenvalue weighted by Crippen LogP contribution is 2.26. The van der Waals surface area contributed by atoms with Gasteiger partial charge in [0.15, 0.2) is 0 Å². The molecule has 1 aromatic heterocycles. The van der Waals surface area contributed by atoms with Crippen LogP contribution < -0.4 is 5.32 Å². The van der Waals surface area contributed by atoms with Gasteiger partial charge in [-0.05, 0) is 36.8 Å². The Morgan fingerprint density at radius 1 is 1.24 bits per heavy atom. The van der Waals surface area contributed by atoms with E-state index < -0.39 is 11.9 Å². The molecule has 3 nitrogen and oxygen atoms in total. The summed E-state index contributed by atoms with van der Waals surface area (Å²) in [6.45, 7) is 2.30. The summed E-state index contributed by atoms with van der Waals surface area (Å²) >= 11 is 0.529. The van der Waals surface area contributed by atoms with Crippen LogP contribution in [0.2, 0.25) is 0 Å². The molecular weight excluding hydrogens is 296 g/mol. The largest absolute Gasteiger partial charge is 0.467 e. The normalized spacial score (nSPS) is 14.3. The second kappa shape index (κ2) is 7.59. The van der Waals surface area contributed by atoms with E-state index in [0.29, 0.717) is 29.0 Å². The average Bonchev–Trinajstić information content (AvgIpc) is 2.99. The molecule has 6 heteroatoms. The molecule has 2 aromatic rings. The van der Waals surface area contributed by atoms with Crippen LogP contribution in [0.15, 0.2) is 52.0 Å². The monoisotopic (exact) mass is 313 g/mol. The van der Waals surface area contributed by atoms with Crippen molar-refractivity contribution in [3.8, 4) is 0 Å². The van der Waals surface area contributed by atoms with Gasteiger partial charge in [0.05, 0.1) is 6.26 Å². The maximum atomic E-state index is 12.2. The molecule has 2 rings (SSSR count). The molecule has 0 aliphatic rings. The third-order valence-electron chi connectivity index (χ3n) is 3.09. The third-order valence-corrected chi connectivity index (χ3v) is 3.82. The topological polar surface area (TPSA) is 45.4 Å². The first-order chi connectivity index (χ1) is 10.1. The number of thioether (sulfide) groups is 1. The Hall–Kier alpha value is -1.37. The maximum absolute atomic E-state index is 12.2. The molecular formula is C15H17F2NO2S. The first-order valence-electron chi connectivity index (χ1n) is 6.56. The molecule has 0 bridgehead atoms. The van der Waals surface area contributed by atoms with E-state index >= 15 is 0 Å². The molecule has 0 aliphatic carbocycles. The van der Waals surface area contributed by atoms with Crippen LogP contribution in [0.4, 0.5) is 8.78 Å². The highest BCUT2D eigenvalue weighted by Gasteiger charge is 2.13. The van der Waals surface area contributed by atoms with Crippen LogP contribution in [0.5, 0.6) is 0 Å². The zero-order chi connectivity index (χ0) is 15.2. The van der Waals surface area contributed by atoms with E-state index in [1.807, 2.05) is 19.1 Å². The molecule has 0 amide bonds. The van der Waals surface area contributed by atoms with Crippen LogP contribution in [0, 0.1) is 0 Å². The van der Waals surface area contributed by atoms with E-state index in [4.69, 9.17) is 4.42 Å². The number of alkyl halides is 2.